The number of hydrogen-bond donors (Lipinski definition) is 3. The number of carbonyl (C=O) groups is 1. The molecular weight excluding hydrogens is 319 g/mol. The van der Waals surface area contributed by atoms with Crippen molar-refractivity contribution in [1.29, 1.82) is 0 Å². The smallest absolute Gasteiger partial charge is 0.383 e. The normalized spacial score (nSPS) is 10.8. The molecule has 0 spiro atoms. The third-order valence-electron chi connectivity index (χ3n) is 2.84. The van der Waals surface area contributed by atoms with E-state index in [-0.39, 0.29) is 31.1 Å². The summed E-state index contributed by atoms with van der Waals surface area (Å²) in [6, 6.07) is 3.26. The van der Waals surface area contributed by atoms with Crippen molar-refractivity contribution < 1.29 is 18.0 Å². The van der Waals surface area contributed by atoms with Crippen molar-refractivity contribution in [2.45, 2.75) is 32.4 Å². The van der Waals surface area contributed by atoms with Crippen LogP contribution in [-0.4, -0.2) is 19.0 Å². The number of hydrogen-bond acceptors (Lipinski definition) is 3. The second kappa shape index (κ2) is 9.53. The molecule has 126 valence electrons. The van der Waals surface area contributed by atoms with Gasteiger partial charge in [-0.3, -0.25) is 4.79 Å². The van der Waals surface area contributed by atoms with Gasteiger partial charge in [0.1, 0.15) is 0 Å². The molecule has 1 rings (SSSR count). The van der Waals surface area contributed by atoms with Crippen LogP contribution < -0.4 is 16.4 Å². The van der Waals surface area contributed by atoms with Gasteiger partial charge in [-0.15, -0.1) is 12.4 Å². The molecule has 0 saturated heterocycles. The van der Waals surface area contributed by atoms with E-state index in [0.717, 1.165) is 25.0 Å². The summed E-state index contributed by atoms with van der Waals surface area (Å²) in [5, 5.41) is 5.50. The van der Waals surface area contributed by atoms with Crippen molar-refractivity contribution in [3.05, 3.63) is 23.8 Å². The Morgan fingerprint density at radius 2 is 1.95 bits per heavy atom. The van der Waals surface area contributed by atoms with Gasteiger partial charge >= 0.3 is 6.18 Å². The van der Waals surface area contributed by atoms with Gasteiger partial charge in [-0.05, 0) is 24.6 Å². The van der Waals surface area contributed by atoms with E-state index in [9.17, 15) is 18.0 Å². The first kappa shape index (κ1) is 20.5. The Bertz CT molecular complexity index is 481. The van der Waals surface area contributed by atoms with Gasteiger partial charge in [0.05, 0.1) is 16.9 Å². The fourth-order valence-electron chi connectivity index (χ4n) is 1.72. The average molecular weight is 340 g/mol. The number of halogens is 4. The molecule has 22 heavy (non-hydrogen) atoms. The zero-order valence-electron chi connectivity index (χ0n) is 12.3. The quantitative estimate of drug-likeness (QED) is 0.664. The molecule has 0 saturated carbocycles. The van der Waals surface area contributed by atoms with E-state index in [1.54, 1.807) is 0 Å². The standard InChI is InChI=1S/C14H20F3N3O.ClH/c1-2-3-8-19-11-5-4-10(14(15,16)17)9-12(11)20-13(21)6-7-18;/h4-5,9,19H,2-3,6-8,18H2,1H3,(H,20,21);1H. The maximum absolute atomic E-state index is 12.7. The SMILES string of the molecule is CCCCNc1ccc(C(F)(F)F)cc1NC(=O)CCN.Cl. The number of nitrogens with one attached hydrogen (secondary N) is 2. The number of anilines is 2. The maximum atomic E-state index is 12.7. The molecule has 4 N–H and O–H groups in total. The number of benzene rings is 1. The third kappa shape index (κ3) is 6.53. The first-order valence-corrected chi connectivity index (χ1v) is 6.83. The summed E-state index contributed by atoms with van der Waals surface area (Å²) in [6.07, 6.45) is -2.54. The Kier molecular flexibility index (Phi) is 8.89. The summed E-state index contributed by atoms with van der Waals surface area (Å²) < 4.78 is 38.2. The van der Waals surface area contributed by atoms with Crippen LogP contribution in [0.3, 0.4) is 0 Å². The predicted octanol–water partition coefficient (Wildman–Crippen LogP) is 3.63. The van der Waals surface area contributed by atoms with Crippen LogP contribution in [0.2, 0.25) is 0 Å². The highest BCUT2D eigenvalue weighted by molar-refractivity contribution is 5.94. The molecule has 1 amide bonds. The number of rotatable bonds is 7. The predicted molar refractivity (Wildman–Crippen MR) is 84.4 cm³/mol. The lowest BCUT2D eigenvalue weighted by Crippen LogP contribution is -2.18. The number of carbonyl (C=O) groups excluding carboxylic acids is 1. The van der Waals surface area contributed by atoms with Crippen LogP contribution in [0.25, 0.3) is 0 Å². The summed E-state index contributed by atoms with van der Waals surface area (Å²) >= 11 is 0. The minimum absolute atomic E-state index is 0. The van der Waals surface area contributed by atoms with Gasteiger partial charge in [0.15, 0.2) is 0 Å². The summed E-state index contributed by atoms with van der Waals surface area (Å²) in [6.45, 7) is 2.78. The van der Waals surface area contributed by atoms with Gasteiger partial charge in [-0.25, -0.2) is 0 Å². The van der Waals surface area contributed by atoms with Crippen molar-refractivity contribution in [2.24, 2.45) is 5.73 Å². The van der Waals surface area contributed by atoms with Gasteiger partial charge in [0.2, 0.25) is 5.91 Å². The highest BCUT2D eigenvalue weighted by atomic mass is 35.5. The van der Waals surface area contributed by atoms with Crippen LogP contribution in [0.4, 0.5) is 24.5 Å². The highest BCUT2D eigenvalue weighted by Gasteiger charge is 2.31. The van der Waals surface area contributed by atoms with Crippen LogP contribution in [0.1, 0.15) is 31.7 Å². The lowest BCUT2D eigenvalue weighted by atomic mass is 10.1. The molecule has 0 bridgehead atoms. The lowest BCUT2D eigenvalue weighted by molar-refractivity contribution is -0.137. The summed E-state index contributed by atoms with van der Waals surface area (Å²) in [4.78, 5) is 11.6. The number of nitrogens with two attached hydrogens (primary N) is 1. The van der Waals surface area contributed by atoms with Gasteiger partial charge in [-0.2, -0.15) is 13.2 Å². The van der Waals surface area contributed by atoms with E-state index < -0.39 is 17.6 Å². The molecule has 0 unspecified atom stereocenters. The zero-order chi connectivity index (χ0) is 15.9. The number of amides is 1. The van der Waals surface area contributed by atoms with Crippen LogP contribution in [0.15, 0.2) is 18.2 Å². The van der Waals surface area contributed by atoms with E-state index in [1.807, 2.05) is 6.92 Å². The van der Waals surface area contributed by atoms with Crippen molar-refractivity contribution in [3.63, 3.8) is 0 Å². The van der Waals surface area contributed by atoms with Gasteiger partial charge in [-0.1, -0.05) is 13.3 Å². The first-order valence-electron chi connectivity index (χ1n) is 6.83. The third-order valence-corrected chi connectivity index (χ3v) is 2.84. The van der Waals surface area contributed by atoms with Crippen LogP contribution in [-0.2, 0) is 11.0 Å². The van der Waals surface area contributed by atoms with Crippen molar-refractivity contribution >= 4 is 29.7 Å². The van der Waals surface area contributed by atoms with E-state index in [1.165, 1.54) is 6.07 Å². The summed E-state index contributed by atoms with van der Waals surface area (Å²) in [5.74, 6) is -0.407. The Hall–Kier alpha value is -1.47. The zero-order valence-corrected chi connectivity index (χ0v) is 13.1. The van der Waals surface area contributed by atoms with E-state index >= 15 is 0 Å². The molecule has 0 aromatic heterocycles. The van der Waals surface area contributed by atoms with Gasteiger partial charge in [0.25, 0.3) is 0 Å². The second-order valence-corrected chi connectivity index (χ2v) is 4.63. The molecule has 0 radical (unpaired) electrons. The second-order valence-electron chi connectivity index (χ2n) is 4.63. The average Bonchev–Trinajstić information content (AvgIpc) is 2.39. The molecular formula is C14H21ClF3N3O. The topological polar surface area (TPSA) is 67.1 Å². The van der Waals surface area contributed by atoms with Crippen molar-refractivity contribution in [2.75, 3.05) is 23.7 Å². The molecule has 4 nitrogen and oxygen atoms in total. The fourth-order valence-corrected chi connectivity index (χ4v) is 1.72. The number of unbranched alkanes of at least 4 members (excludes halogenated alkanes) is 1. The lowest BCUT2D eigenvalue weighted by Gasteiger charge is -2.15. The van der Waals surface area contributed by atoms with Crippen LogP contribution in [0.5, 0.6) is 0 Å². The van der Waals surface area contributed by atoms with Crippen molar-refractivity contribution in [3.8, 4) is 0 Å². The minimum Gasteiger partial charge on any atom is -0.383 e. The van der Waals surface area contributed by atoms with Gasteiger partial charge in [0, 0.05) is 19.5 Å². The highest BCUT2D eigenvalue weighted by Crippen LogP contribution is 2.34. The molecule has 0 aliphatic carbocycles. The molecule has 0 aliphatic heterocycles. The molecule has 0 heterocycles. The first-order chi connectivity index (χ1) is 9.88. The van der Waals surface area contributed by atoms with Gasteiger partial charge < -0.3 is 16.4 Å². The Balaban J connectivity index is 0.00000441. The molecule has 1 aromatic carbocycles. The maximum Gasteiger partial charge on any atom is 0.416 e. The summed E-state index contributed by atoms with van der Waals surface area (Å²) in [7, 11) is 0. The largest absolute Gasteiger partial charge is 0.416 e. The minimum atomic E-state index is -4.45. The Labute approximate surface area is 134 Å². The monoisotopic (exact) mass is 339 g/mol. The molecule has 0 aliphatic rings. The summed E-state index contributed by atoms with van der Waals surface area (Å²) in [5.41, 5.74) is 5.06. The van der Waals surface area contributed by atoms with E-state index in [0.29, 0.717) is 12.2 Å². The Morgan fingerprint density at radius 1 is 1.27 bits per heavy atom. The van der Waals surface area contributed by atoms with Crippen LogP contribution >= 0.6 is 12.4 Å². The molecule has 1 aromatic rings. The number of alkyl halides is 3. The van der Waals surface area contributed by atoms with Crippen LogP contribution in [0, 0.1) is 0 Å². The van der Waals surface area contributed by atoms with E-state index in [4.69, 9.17) is 5.73 Å². The van der Waals surface area contributed by atoms with Crippen molar-refractivity contribution in [1.82, 2.24) is 0 Å². The molecule has 8 heteroatoms. The van der Waals surface area contributed by atoms with E-state index in [2.05, 4.69) is 10.6 Å². The molecule has 0 atom stereocenters. The fraction of sp³-hybridized carbons (Fsp3) is 0.500. The Morgan fingerprint density at radius 3 is 2.50 bits per heavy atom. The molecule has 0 fully saturated rings.